The second kappa shape index (κ2) is 10.6. The zero-order valence-electron chi connectivity index (χ0n) is 18.9. The monoisotopic (exact) mass is 510 g/mol. The average Bonchev–Trinajstić information content (AvgIpc) is 2.85. The summed E-state index contributed by atoms with van der Waals surface area (Å²) in [5.41, 5.74) is 1.94. The fourth-order valence-electron chi connectivity index (χ4n) is 3.85. The Morgan fingerprint density at radius 2 is 1.43 bits per heavy atom. The standard InChI is InChI=1S/C25H26N4O4S2/c26-34(30,31)25-23-12-7-13-24(22(23)14-15-28-25)35(32,33)29(19-21-10-5-2-6-11-21)17-16-27-18-20-8-3-1-4-9-20/h1-15,27H,16-19H2,(H2,26,30,31). The van der Waals surface area contributed by atoms with Crippen LogP contribution in [0.3, 0.4) is 0 Å². The van der Waals surface area contributed by atoms with E-state index in [0.29, 0.717) is 13.1 Å². The third-order valence-corrected chi connectivity index (χ3v) is 8.30. The van der Waals surface area contributed by atoms with Crippen molar-refractivity contribution in [2.75, 3.05) is 13.1 Å². The molecule has 4 aromatic rings. The molecule has 35 heavy (non-hydrogen) atoms. The summed E-state index contributed by atoms with van der Waals surface area (Å²) in [4.78, 5) is 3.87. The van der Waals surface area contributed by atoms with Crippen LogP contribution in [0.25, 0.3) is 10.8 Å². The molecule has 3 N–H and O–H groups in total. The second-order valence-corrected chi connectivity index (χ2v) is 11.4. The first-order valence-electron chi connectivity index (χ1n) is 11.0. The average molecular weight is 511 g/mol. The van der Waals surface area contributed by atoms with Crippen LogP contribution in [0, 0.1) is 0 Å². The number of nitrogens with two attached hydrogens (primary N) is 1. The lowest BCUT2D eigenvalue weighted by Crippen LogP contribution is -2.36. The molecule has 0 fully saturated rings. The van der Waals surface area contributed by atoms with Crippen molar-refractivity contribution in [1.29, 1.82) is 0 Å². The number of hydrogen-bond acceptors (Lipinski definition) is 6. The fourth-order valence-corrected chi connectivity index (χ4v) is 6.17. The third-order valence-electron chi connectivity index (χ3n) is 5.53. The molecule has 4 rings (SSSR count). The topological polar surface area (TPSA) is 122 Å². The van der Waals surface area contributed by atoms with Crippen LogP contribution in [0.15, 0.2) is 101 Å². The number of fused-ring (bicyclic) bond motifs is 1. The van der Waals surface area contributed by atoms with Crippen LogP contribution >= 0.6 is 0 Å². The van der Waals surface area contributed by atoms with Crippen LogP contribution in [0.4, 0.5) is 0 Å². The Hall–Kier alpha value is -3.15. The summed E-state index contributed by atoms with van der Waals surface area (Å²) in [5.74, 6) is 0. The van der Waals surface area contributed by atoms with E-state index in [4.69, 9.17) is 5.14 Å². The van der Waals surface area contributed by atoms with E-state index in [2.05, 4.69) is 10.3 Å². The molecule has 0 aliphatic heterocycles. The highest BCUT2D eigenvalue weighted by molar-refractivity contribution is 7.89. The van der Waals surface area contributed by atoms with Gasteiger partial charge in [-0.05, 0) is 23.3 Å². The third kappa shape index (κ3) is 5.92. The zero-order chi connectivity index (χ0) is 24.9. The van der Waals surface area contributed by atoms with Crippen LogP contribution in [0.5, 0.6) is 0 Å². The molecule has 10 heteroatoms. The van der Waals surface area contributed by atoms with Crippen molar-refractivity contribution in [3.63, 3.8) is 0 Å². The molecule has 0 saturated carbocycles. The number of pyridine rings is 1. The number of sulfonamides is 2. The molecule has 8 nitrogen and oxygen atoms in total. The predicted octanol–water partition coefficient (Wildman–Crippen LogP) is 2.86. The molecule has 0 bridgehead atoms. The maximum atomic E-state index is 13.9. The van der Waals surface area contributed by atoms with Crippen LogP contribution in [-0.4, -0.2) is 39.2 Å². The minimum Gasteiger partial charge on any atom is -0.311 e. The van der Waals surface area contributed by atoms with Crippen molar-refractivity contribution < 1.29 is 16.8 Å². The van der Waals surface area contributed by atoms with Gasteiger partial charge in [0.1, 0.15) is 0 Å². The van der Waals surface area contributed by atoms with Gasteiger partial charge in [0.25, 0.3) is 10.0 Å². The zero-order valence-corrected chi connectivity index (χ0v) is 20.5. The van der Waals surface area contributed by atoms with E-state index in [1.54, 1.807) is 0 Å². The molecule has 1 aromatic heterocycles. The van der Waals surface area contributed by atoms with Crippen LogP contribution in [-0.2, 0) is 33.1 Å². The normalized spacial score (nSPS) is 12.3. The first-order chi connectivity index (χ1) is 16.8. The van der Waals surface area contributed by atoms with E-state index in [9.17, 15) is 16.8 Å². The Kier molecular flexibility index (Phi) is 7.58. The molecule has 0 atom stereocenters. The number of benzene rings is 3. The Labute approximate surface area is 205 Å². The van der Waals surface area contributed by atoms with Gasteiger partial charge in [0.15, 0.2) is 5.03 Å². The van der Waals surface area contributed by atoms with Gasteiger partial charge < -0.3 is 5.32 Å². The van der Waals surface area contributed by atoms with E-state index in [1.807, 2.05) is 60.7 Å². The minimum atomic E-state index is -4.13. The van der Waals surface area contributed by atoms with Gasteiger partial charge in [-0.1, -0.05) is 72.8 Å². The molecule has 0 radical (unpaired) electrons. The maximum Gasteiger partial charge on any atom is 0.256 e. The lowest BCUT2D eigenvalue weighted by atomic mass is 10.2. The number of rotatable bonds is 10. The number of primary sulfonamides is 1. The molecular weight excluding hydrogens is 484 g/mol. The van der Waals surface area contributed by atoms with Gasteiger partial charge >= 0.3 is 0 Å². The Bertz CT molecular complexity index is 1510. The van der Waals surface area contributed by atoms with Crippen LogP contribution in [0.2, 0.25) is 0 Å². The van der Waals surface area contributed by atoms with Crippen LogP contribution < -0.4 is 10.5 Å². The Morgan fingerprint density at radius 3 is 2.09 bits per heavy atom. The van der Waals surface area contributed by atoms with Crippen LogP contribution in [0.1, 0.15) is 11.1 Å². The van der Waals surface area contributed by atoms with E-state index in [-0.39, 0.29) is 33.8 Å². The van der Waals surface area contributed by atoms with Crippen molar-refractivity contribution >= 4 is 30.8 Å². The maximum absolute atomic E-state index is 13.9. The fraction of sp³-hybridized carbons (Fsp3) is 0.160. The van der Waals surface area contributed by atoms with Gasteiger partial charge in [0, 0.05) is 43.1 Å². The smallest absolute Gasteiger partial charge is 0.256 e. The van der Waals surface area contributed by atoms with Gasteiger partial charge in [-0.15, -0.1) is 0 Å². The first-order valence-corrected chi connectivity index (χ1v) is 13.9. The molecule has 0 unspecified atom stereocenters. The summed E-state index contributed by atoms with van der Waals surface area (Å²) >= 11 is 0. The highest BCUT2D eigenvalue weighted by Crippen LogP contribution is 2.29. The summed E-state index contributed by atoms with van der Waals surface area (Å²) in [6.07, 6.45) is 1.25. The molecular formula is C25H26N4O4S2. The van der Waals surface area contributed by atoms with Gasteiger partial charge in [0.05, 0.1) is 4.90 Å². The first kappa shape index (κ1) is 25.0. The van der Waals surface area contributed by atoms with Crippen molar-refractivity contribution in [2.45, 2.75) is 23.0 Å². The highest BCUT2D eigenvalue weighted by Gasteiger charge is 2.27. The van der Waals surface area contributed by atoms with Crippen molar-refractivity contribution in [3.05, 3.63) is 102 Å². The number of hydrogen-bond donors (Lipinski definition) is 2. The molecule has 0 amide bonds. The number of nitrogens with one attached hydrogen (secondary N) is 1. The summed E-state index contributed by atoms with van der Waals surface area (Å²) < 4.78 is 53.2. The van der Waals surface area contributed by atoms with E-state index >= 15 is 0 Å². The van der Waals surface area contributed by atoms with Gasteiger partial charge in [-0.3, -0.25) is 0 Å². The second-order valence-electron chi connectivity index (χ2n) is 8.00. The van der Waals surface area contributed by atoms with Crippen molar-refractivity contribution in [2.24, 2.45) is 5.14 Å². The molecule has 182 valence electrons. The largest absolute Gasteiger partial charge is 0.311 e. The Morgan fingerprint density at radius 1 is 0.771 bits per heavy atom. The summed E-state index contributed by atoms with van der Waals surface area (Å²) in [5, 5.41) is 8.67. The van der Waals surface area contributed by atoms with Gasteiger partial charge in [-0.2, -0.15) is 4.31 Å². The Balaban J connectivity index is 1.67. The number of aromatic nitrogens is 1. The van der Waals surface area contributed by atoms with E-state index < -0.39 is 20.0 Å². The van der Waals surface area contributed by atoms with E-state index in [0.717, 1.165) is 11.1 Å². The van der Waals surface area contributed by atoms with Gasteiger partial charge in [-0.25, -0.2) is 27.0 Å². The molecule has 3 aromatic carbocycles. The molecule has 0 saturated heterocycles. The van der Waals surface area contributed by atoms with Crippen molar-refractivity contribution in [3.8, 4) is 0 Å². The predicted molar refractivity (Wildman–Crippen MR) is 135 cm³/mol. The summed E-state index contributed by atoms with van der Waals surface area (Å²) in [7, 11) is -8.14. The minimum absolute atomic E-state index is 0.00119. The lowest BCUT2D eigenvalue weighted by molar-refractivity contribution is 0.400. The highest BCUT2D eigenvalue weighted by atomic mass is 32.2. The summed E-state index contributed by atoms with van der Waals surface area (Å²) in [6, 6.07) is 25.1. The summed E-state index contributed by atoms with van der Waals surface area (Å²) in [6.45, 7) is 1.42. The molecule has 0 aliphatic carbocycles. The van der Waals surface area contributed by atoms with E-state index in [1.165, 1.54) is 34.8 Å². The lowest BCUT2D eigenvalue weighted by Gasteiger charge is -2.23. The van der Waals surface area contributed by atoms with Crippen molar-refractivity contribution in [1.82, 2.24) is 14.6 Å². The van der Waals surface area contributed by atoms with Gasteiger partial charge in [0.2, 0.25) is 10.0 Å². The SMILES string of the molecule is NS(=O)(=O)c1nccc2c(S(=O)(=O)N(CCNCc3ccccc3)Cc3ccccc3)cccc12. The number of nitrogens with zero attached hydrogens (tertiary/aromatic N) is 2. The molecule has 0 aliphatic rings. The quantitative estimate of drug-likeness (QED) is 0.316. The molecule has 0 spiro atoms. The molecule has 1 heterocycles.